The smallest absolute Gasteiger partial charge is 0.0140 e. The molecular weight excluding hydrogens is 312 g/mol. The molecule has 1 aliphatic rings. The van der Waals surface area contributed by atoms with E-state index in [2.05, 4.69) is 62.8 Å². The summed E-state index contributed by atoms with van der Waals surface area (Å²) in [4.78, 5) is 0. The van der Waals surface area contributed by atoms with E-state index in [1.807, 2.05) is 0 Å². The summed E-state index contributed by atoms with van der Waals surface area (Å²) < 4.78 is 0. The van der Waals surface area contributed by atoms with Crippen molar-refractivity contribution in [2.45, 2.75) is 77.5 Å². The zero-order valence-corrected chi connectivity index (χ0v) is 15.6. The van der Waals surface area contributed by atoms with Crippen molar-refractivity contribution in [3.8, 4) is 0 Å². The average Bonchev–Trinajstić information content (AvgIpc) is 2.28. The molecule has 0 spiro atoms. The van der Waals surface area contributed by atoms with Gasteiger partial charge in [0.15, 0.2) is 0 Å². The van der Waals surface area contributed by atoms with Crippen LogP contribution in [0.15, 0.2) is 0 Å². The van der Waals surface area contributed by atoms with Crippen molar-refractivity contribution in [1.82, 2.24) is 21.3 Å². The van der Waals surface area contributed by atoms with Crippen LogP contribution in [-0.4, -0.2) is 49.3 Å². The minimum Gasteiger partial charge on any atom is -0.313 e. The zero-order chi connectivity index (χ0) is 15.2. The SMILES string of the molecule is CC1CC(C)(C)NCCNC(C)CC(C)(C)NCCN1.[Cu]. The van der Waals surface area contributed by atoms with Crippen LogP contribution in [0.5, 0.6) is 0 Å². The van der Waals surface area contributed by atoms with Gasteiger partial charge in [0.05, 0.1) is 0 Å². The van der Waals surface area contributed by atoms with Crippen LogP contribution in [-0.2, 0) is 17.1 Å². The first-order valence-electron chi connectivity index (χ1n) is 8.17. The predicted octanol–water partition coefficient (Wildman–Crippen LogP) is 1.47. The monoisotopic (exact) mass is 347 g/mol. The molecule has 4 N–H and O–H groups in total. The average molecular weight is 348 g/mol. The molecule has 1 rings (SSSR count). The van der Waals surface area contributed by atoms with E-state index in [1.54, 1.807) is 0 Å². The Balaban J connectivity index is 0.00000400. The van der Waals surface area contributed by atoms with Crippen molar-refractivity contribution in [1.29, 1.82) is 0 Å². The van der Waals surface area contributed by atoms with Crippen LogP contribution in [0.4, 0.5) is 0 Å². The summed E-state index contributed by atoms with van der Waals surface area (Å²) in [6.45, 7) is 17.8. The molecule has 131 valence electrons. The first kappa shape index (κ1) is 21.4. The van der Waals surface area contributed by atoms with Crippen molar-refractivity contribution in [3.63, 3.8) is 0 Å². The summed E-state index contributed by atoms with van der Waals surface area (Å²) in [6, 6.07) is 1.08. The van der Waals surface area contributed by atoms with Gasteiger partial charge in [0.25, 0.3) is 0 Å². The molecule has 5 heteroatoms. The fraction of sp³-hybridized carbons (Fsp3) is 1.00. The van der Waals surface area contributed by atoms with Crippen molar-refractivity contribution in [2.75, 3.05) is 26.2 Å². The largest absolute Gasteiger partial charge is 0.313 e. The van der Waals surface area contributed by atoms with E-state index in [0.717, 1.165) is 39.0 Å². The Morgan fingerprint density at radius 2 is 1.00 bits per heavy atom. The van der Waals surface area contributed by atoms with Crippen LogP contribution < -0.4 is 21.3 Å². The van der Waals surface area contributed by atoms with Gasteiger partial charge in [0.2, 0.25) is 0 Å². The number of hydrogen-bond acceptors (Lipinski definition) is 4. The summed E-state index contributed by atoms with van der Waals surface area (Å²) in [5, 5.41) is 14.6. The van der Waals surface area contributed by atoms with Gasteiger partial charge >= 0.3 is 0 Å². The van der Waals surface area contributed by atoms with E-state index in [9.17, 15) is 0 Å². The zero-order valence-electron chi connectivity index (χ0n) is 14.7. The van der Waals surface area contributed by atoms with E-state index >= 15 is 0 Å². The third-order valence-electron chi connectivity index (χ3n) is 4.08. The molecule has 2 atom stereocenters. The fourth-order valence-electron chi connectivity index (χ4n) is 3.26. The van der Waals surface area contributed by atoms with Crippen LogP contribution in [0.3, 0.4) is 0 Å². The predicted molar refractivity (Wildman–Crippen MR) is 88.3 cm³/mol. The van der Waals surface area contributed by atoms with Gasteiger partial charge in [-0.2, -0.15) is 0 Å². The molecule has 0 aromatic heterocycles. The Bertz CT molecular complexity index is 253. The third kappa shape index (κ3) is 9.88. The molecule has 1 heterocycles. The van der Waals surface area contributed by atoms with Gasteiger partial charge in [0.1, 0.15) is 0 Å². The molecule has 0 aliphatic carbocycles. The van der Waals surface area contributed by atoms with Gasteiger partial charge in [-0.3, -0.25) is 0 Å². The van der Waals surface area contributed by atoms with Crippen LogP contribution in [0, 0.1) is 0 Å². The molecule has 21 heavy (non-hydrogen) atoms. The van der Waals surface area contributed by atoms with E-state index < -0.39 is 0 Å². The van der Waals surface area contributed by atoms with E-state index in [0.29, 0.717) is 12.1 Å². The summed E-state index contributed by atoms with van der Waals surface area (Å²) in [7, 11) is 0. The van der Waals surface area contributed by atoms with Crippen molar-refractivity contribution >= 4 is 0 Å². The van der Waals surface area contributed by atoms with Gasteiger partial charge < -0.3 is 21.3 Å². The molecule has 0 aromatic rings. The summed E-state index contributed by atoms with van der Waals surface area (Å²) >= 11 is 0. The maximum Gasteiger partial charge on any atom is 0.0140 e. The Morgan fingerprint density at radius 3 is 1.33 bits per heavy atom. The van der Waals surface area contributed by atoms with Crippen LogP contribution >= 0.6 is 0 Å². The summed E-state index contributed by atoms with van der Waals surface area (Å²) in [5.41, 5.74) is 0.377. The molecule has 1 fully saturated rings. The van der Waals surface area contributed by atoms with E-state index in [1.165, 1.54) is 0 Å². The quantitative estimate of drug-likeness (QED) is 0.501. The van der Waals surface area contributed by atoms with Crippen LogP contribution in [0.25, 0.3) is 0 Å². The summed E-state index contributed by atoms with van der Waals surface area (Å²) in [5.74, 6) is 0. The molecule has 4 nitrogen and oxygen atoms in total. The molecule has 0 saturated carbocycles. The van der Waals surface area contributed by atoms with Gasteiger partial charge in [-0.25, -0.2) is 0 Å². The molecule has 1 aliphatic heterocycles. The fourth-order valence-corrected chi connectivity index (χ4v) is 3.26. The number of nitrogens with one attached hydrogen (secondary N) is 4. The maximum absolute atomic E-state index is 3.67. The maximum atomic E-state index is 3.67. The molecule has 0 aromatic carbocycles. The van der Waals surface area contributed by atoms with E-state index in [4.69, 9.17) is 0 Å². The van der Waals surface area contributed by atoms with Gasteiger partial charge in [-0.05, 0) is 54.4 Å². The Labute approximate surface area is 142 Å². The summed E-state index contributed by atoms with van der Waals surface area (Å²) in [6.07, 6.45) is 2.29. The Kier molecular flexibility index (Phi) is 9.65. The second-order valence-corrected chi connectivity index (χ2v) is 7.74. The standard InChI is InChI=1S/C16H36N4.Cu/c1-13-11-15(3,4)19-10-8-18-14(2)12-16(5,6)20-9-7-17-13;/h13-14,17-20H,7-12H2,1-6H3;. The molecule has 0 amide bonds. The van der Waals surface area contributed by atoms with Gasteiger partial charge in [-0.1, -0.05) is 0 Å². The molecule has 2 unspecified atom stereocenters. The van der Waals surface area contributed by atoms with Crippen LogP contribution in [0.1, 0.15) is 54.4 Å². The van der Waals surface area contributed by atoms with Crippen molar-refractivity contribution < 1.29 is 17.1 Å². The van der Waals surface area contributed by atoms with Crippen LogP contribution in [0.2, 0.25) is 0 Å². The first-order chi connectivity index (χ1) is 9.20. The topological polar surface area (TPSA) is 48.1 Å². The normalized spacial score (nSPS) is 31.7. The van der Waals surface area contributed by atoms with Crippen molar-refractivity contribution in [3.05, 3.63) is 0 Å². The first-order valence-corrected chi connectivity index (χ1v) is 8.17. The molecule has 0 bridgehead atoms. The second kappa shape index (κ2) is 9.49. The number of rotatable bonds is 0. The minimum atomic E-state index is 0. The Hall–Kier alpha value is 0.359. The third-order valence-corrected chi connectivity index (χ3v) is 4.08. The molecule has 1 radical (unpaired) electrons. The second-order valence-electron chi connectivity index (χ2n) is 7.74. The van der Waals surface area contributed by atoms with Gasteiger partial charge in [0, 0.05) is 66.4 Å². The minimum absolute atomic E-state index is 0. The van der Waals surface area contributed by atoms with Gasteiger partial charge in [-0.15, -0.1) is 0 Å². The van der Waals surface area contributed by atoms with E-state index in [-0.39, 0.29) is 28.1 Å². The molecular formula is C16H36CuN4. The number of hydrogen-bond donors (Lipinski definition) is 4. The van der Waals surface area contributed by atoms with Crippen molar-refractivity contribution in [2.24, 2.45) is 0 Å². The molecule has 1 saturated heterocycles. The Morgan fingerprint density at radius 1 is 0.667 bits per heavy atom.